The number of anilines is 2. The summed E-state index contributed by atoms with van der Waals surface area (Å²) < 4.78 is 0. The number of benzene rings is 1. The van der Waals surface area contributed by atoms with E-state index in [4.69, 9.17) is 0 Å². The van der Waals surface area contributed by atoms with Gasteiger partial charge in [-0.25, -0.2) is 15.4 Å². The lowest BCUT2D eigenvalue weighted by Crippen LogP contribution is -2.21. The van der Waals surface area contributed by atoms with E-state index in [1.807, 2.05) is 19.9 Å². The first-order valence-electron chi connectivity index (χ1n) is 9.80. The second-order valence-corrected chi connectivity index (χ2v) is 6.93. The van der Waals surface area contributed by atoms with Crippen molar-refractivity contribution in [1.82, 2.24) is 9.97 Å². The van der Waals surface area contributed by atoms with Gasteiger partial charge in [0.05, 0.1) is 5.71 Å². The molecule has 3 rings (SSSR count). The minimum Gasteiger partial charge on any atom is -0.372 e. The van der Waals surface area contributed by atoms with Crippen LogP contribution in [0.4, 0.5) is 11.6 Å². The molecule has 1 fully saturated rings. The fraction of sp³-hybridized carbons (Fsp3) is 0.409. The van der Waals surface area contributed by atoms with Crippen LogP contribution in [0.5, 0.6) is 0 Å². The Morgan fingerprint density at radius 2 is 1.70 bits per heavy atom. The molecule has 1 aliphatic carbocycles. The monoisotopic (exact) mass is 363 g/mol. The first kappa shape index (κ1) is 19.1. The summed E-state index contributed by atoms with van der Waals surface area (Å²) in [5.41, 5.74) is 9.82. The molecule has 27 heavy (non-hydrogen) atoms. The summed E-state index contributed by atoms with van der Waals surface area (Å²) >= 11 is 0. The van der Waals surface area contributed by atoms with Crippen LogP contribution in [-0.2, 0) is 0 Å². The second kappa shape index (κ2) is 8.80. The van der Waals surface area contributed by atoms with Crippen molar-refractivity contribution in [1.29, 1.82) is 0 Å². The molecule has 1 aliphatic rings. The Balaban J connectivity index is 1.75. The smallest absolute Gasteiger partial charge is 0.243 e. The first-order valence-corrected chi connectivity index (χ1v) is 9.80. The average Bonchev–Trinajstić information content (AvgIpc) is 3.08. The molecule has 0 radical (unpaired) electrons. The van der Waals surface area contributed by atoms with Crippen LogP contribution in [0.15, 0.2) is 41.0 Å². The molecule has 0 unspecified atom stereocenters. The summed E-state index contributed by atoms with van der Waals surface area (Å²) in [4.78, 5) is 11.1. The number of rotatable bonds is 6. The lowest BCUT2D eigenvalue weighted by atomic mass is 10.1. The van der Waals surface area contributed by atoms with E-state index in [-0.39, 0.29) is 0 Å². The van der Waals surface area contributed by atoms with Crippen LogP contribution in [0.1, 0.15) is 50.1 Å². The Morgan fingerprint density at radius 1 is 1.04 bits per heavy atom. The number of aryl methyl sites for hydroxylation is 2. The van der Waals surface area contributed by atoms with Crippen molar-refractivity contribution in [2.45, 2.75) is 47.0 Å². The van der Waals surface area contributed by atoms with Crippen LogP contribution in [0.3, 0.4) is 0 Å². The fourth-order valence-corrected chi connectivity index (χ4v) is 3.50. The summed E-state index contributed by atoms with van der Waals surface area (Å²) in [7, 11) is 0. The van der Waals surface area contributed by atoms with E-state index in [0.29, 0.717) is 5.95 Å². The predicted molar refractivity (Wildman–Crippen MR) is 114 cm³/mol. The van der Waals surface area contributed by atoms with Gasteiger partial charge in [-0.3, -0.25) is 0 Å². The molecule has 0 aliphatic heterocycles. The van der Waals surface area contributed by atoms with E-state index >= 15 is 0 Å². The number of hydrogen-bond donors (Lipinski definition) is 1. The third-order valence-corrected chi connectivity index (χ3v) is 4.87. The van der Waals surface area contributed by atoms with Gasteiger partial charge in [0, 0.05) is 30.2 Å². The van der Waals surface area contributed by atoms with Gasteiger partial charge in [0.2, 0.25) is 5.95 Å². The zero-order chi connectivity index (χ0) is 19.2. The van der Waals surface area contributed by atoms with Gasteiger partial charge in [-0.05, 0) is 82.4 Å². The maximum atomic E-state index is 4.59. The highest BCUT2D eigenvalue weighted by Gasteiger charge is 2.15. The summed E-state index contributed by atoms with van der Waals surface area (Å²) in [6.45, 7) is 10.4. The van der Waals surface area contributed by atoms with Crippen LogP contribution in [-0.4, -0.2) is 28.8 Å². The molecule has 1 aromatic heterocycles. The van der Waals surface area contributed by atoms with Crippen molar-refractivity contribution in [3.8, 4) is 0 Å². The van der Waals surface area contributed by atoms with E-state index < -0.39 is 0 Å². The summed E-state index contributed by atoms with van der Waals surface area (Å²) in [6.07, 6.45) is 5.44. The molecule has 0 bridgehead atoms. The Labute approximate surface area is 162 Å². The van der Waals surface area contributed by atoms with Crippen LogP contribution >= 0.6 is 0 Å². The van der Waals surface area contributed by atoms with Crippen LogP contribution in [0.2, 0.25) is 0 Å². The van der Waals surface area contributed by atoms with Crippen molar-refractivity contribution in [3.63, 3.8) is 0 Å². The van der Waals surface area contributed by atoms with Gasteiger partial charge in [-0.2, -0.15) is 5.10 Å². The highest BCUT2D eigenvalue weighted by molar-refractivity contribution is 6.05. The molecule has 0 saturated heterocycles. The van der Waals surface area contributed by atoms with Crippen molar-refractivity contribution in [3.05, 3.63) is 52.9 Å². The topological polar surface area (TPSA) is 53.4 Å². The number of hydrazone groups is 1. The van der Waals surface area contributed by atoms with Gasteiger partial charge in [0.15, 0.2) is 0 Å². The maximum Gasteiger partial charge on any atom is 0.243 e. The minimum atomic E-state index is 0.565. The average molecular weight is 364 g/mol. The predicted octanol–water partition coefficient (Wildman–Crippen LogP) is 4.98. The molecular weight excluding hydrogens is 334 g/mol. The van der Waals surface area contributed by atoms with Gasteiger partial charge in [-0.15, -0.1) is 0 Å². The third-order valence-electron chi connectivity index (χ3n) is 4.87. The highest BCUT2D eigenvalue weighted by atomic mass is 15.4. The van der Waals surface area contributed by atoms with E-state index in [9.17, 15) is 0 Å². The standard InChI is InChI=1S/C22H29N5/c1-5-27(6-2)20-12-10-18(11-13-20)15-19-8-7-9-21(19)25-26-22-23-16(3)14-17(4)24-22/h10-15H,5-9H2,1-4H3,(H,23,24,26). The minimum absolute atomic E-state index is 0.565. The number of nitrogens with zero attached hydrogens (tertiary/aromatic N) is 4. The lowest BCUT2D eigenvalue weighted by molar-refractivity contribution is 0.866. The van der Waals surface area contributed by atoms with Crippen molar-refractivity contribution >= 4 is 23.4 Å². The number of hydrogen-bond acceptors (Lipinski definition) is 5. The Hall–Kier alpha value is -2.69. The van der Waals surface area contributed by atoms with E-state index in [0.717, 1.165) is 49.5 Å². The molecule has 1 heterocycles. The van der Waals surface area contributed by atoms with Crippen molar-refractivity contribution in [2.24, 2.45) is 5.10 Å². The molecule has 0 amide bonds. The molecule has 1 N–H and O–H groups in total. The second-order valence-electron chi connectivity index (χ2n) is 6.93. The third kappa shape index (κ3) is 4.94. The number of allylic oxidation sites excluding steroid dienone is 1. The Bertz CT molecular complexity index is 812. The maximum absolute atomic E-state index is 4.59. The molecule has 0 atom stereocenters. The van der Waals surface area contributed by atoms with Crippen LogP contribution < -0.4 is 10.3 Å². The van der Waals surface area contributed by atoms with E-state index in [1.54, 1.807) is 0 Å². The Kier molecular flexibility index (Phi) is 6.22. The lowest BCUT2D eigenvalue weighted by Gasteiger charge is -2.20. The van der Waals surface area contributed by atoms with Crippen molar-refractivity contribution < 1.29 is 0 Å². The van der Waals surface area contributed by atoms with Gasteiger partial charge >= 0.3 is 0 Å². The molecule has 5 heteroatoms. The van der Waals surface area contributed by atoms with Crippen molar-refractivity contribution in [2.75, 3.05) is 23.4 Å². The molecular formula is C22H29N5. The summed E-state index contributed by atoms with van der Waals surface area (Å²) in [6, 6.07) is 10.7. The molecule has 0 spiro atoms. The molecule has 142 valence electrons. The first-order chi connectivity index (χ1) is 13.1. The van der Waals surface area contributed by atoms with Gasteiger partial charge in [-0.1, -0.05) is 12.1 Å². The van der Waals surface area contributed by atoms with Gasteiger partial charge in [0.1, 0.15) is 0 Å². The normalized spacial score (nSPS) is 16.9. The molecule has 5 nitrogen and oxygen atoms in total. The summed E-state index contributed by atoms with van der Waals surface area (Å²) in [5, 5.41) is 4.59. The zero-order valence-electron chi connectivity index (χ0n) is 16.8. The molecule has 2 aromatic rings. The van der Waals surface area contributed by atoms with Gasteiger partial charge in [0.25, 0.3) is 0 Å². The zero-order valence-corrected chi connectivity index (χ0v) is 16.8. The van der Waals surface area contributed by atoms with Crippen LogP contribution in [0, 0.1) is 13.8 Å². The van der Waals surface area contributed by atoms with Crippen LogP contribution in [0.25, 0.3) is 6.08 Å². The number of aromatic nitrogens is 2. The molecule has 1 saturated carbocycles. The molecule has 1 aromatic carbocycles. The quantitative estimate of drug-likeness (QED) is 0.736. The number of nitrogens with one attached hydrogen (secondary N) is 1. The highest BCUT2D eigenvalue weighted by Crippen LogP contribution is 2.25. The largest absolute Gasteiger partial charge is 0.372 e. The summed E-state index contributed by atoms with van der Waals surface area (Å²) in [5.74, 6) is 0.565. The van der Waals surface area contributed by atoms with E-state index in [1.165, 1.54) is 16.8 Å². The SMILES string of the molecule is CCN(CC)c1ccc(C=C2CCCC2=NNc2nc(C)cc(C)n2)cc1. The van der Waals surface area contributed by atoms with E-state index in [2.05, 4.69) is 69.6 Å². The van der Waals surface area contributed by atoms with Gasteiger partial charge < -0.3 is 4.90 Å². The Morgan fingerprint density at radius 3 is 2.33 bits per heavy atom. The fourth-order valence-electron chi connectivity index (χ4n) is 3.50.